The van der Waals surface area contributed by atoms with Crippen molar-refractivity contribution in [2.24, 2.45) is 0 Å². The predicted molar refractivity (Wildman–Crippen MR) is 167 cm³/mol. The zero-order valence-corrected chi connectivity index (χ0v) is 28.8. The van der Waals surface area contributed by atoms with E-state index in [2.05, 4.69) is 131 Å². The maximum atomic E-state index is 2.72. The molecule has 0 saturated heterocycles. The van der Waals surface area contributed by atoms with Gasteiger partial charge >= 0.3 is 253 Å². The van der Waals surface area contributed by atoms with Gasteiger partial charge < -0.3 is 24.8 Å². The van der Waals surface area contributed by atoms with Crippen LogP contribution in [0.3, 0.4) is 0 Å². The Balaban J connectivity index is 0.00000150. The van der Waals surface area contributed by atoms with Crippen LogP contribution in [-0.2, 0) is 35.7 Å². The van der Waals surface area contributed by atoms with Gasteiger partial charge in [0, 0.05) is 0 Å². The van der Waals surface area contributed by atoms with Gasteiger partial charge in [0.1, 0.15) is 0 Å². The Bertz CT molecular complexity index is 2060. The molecule has 0 N–H and O–H groups in total. The molecule has 2 aromatic heterocycles. The fourth-order valence-electron chi connectivity index (χ4n) is 7.63. The number of halogens is 2. The van der Waals surface area contributed by atoms with Crippen LogP contribution < -0.4 is 24.8 Å². The minimum Gasteiger partial charge on any atom is -1.00 e. The molecule has 0 radical (unpaired) electrons. The molecular formula is C38H30Cl2HfN2. The van der Waals surface area contributed by atoms with Crippen LogP contribution in [0.15, 0.2) is 109 Å². The maximum absolute atomic E-state index is 2.72. The molecule has 2 atom stereocenters. The Kier molecular flexibility index (Phi) is 7.62. The summed E-state index contributed by atoms with van der Waals surface area (Å²) in [5.74, 6) is 0. The van der Waals surface area contributed by atoms with Gasteiger partial charge in [-0.15, -0.1) is 0 Å². The molecule has 4 aromatic carbocycles. The summed E-state index contributed by atoms with van der Waals surface area (Å²) < 4.78 is 6.22. The zero-order chi connectivity index (χ0) is 26.9. The van der Waals surface area contributed by atoms with Gasteiger partial charge in [-0.1, -0.05) is 0 Å². The van der Waals surface area contributed by atoms with Gasteiger partial charge in [0.05, 0.1) is 0 Å². The zero-order valence-electron chi connectivity index (χ0n) is 23.7. The van der Waals surface area contributed by atoms with Crippen molar-refractivity contribution in [2.75, 3.05) is 0 Å². The van der Waals surface area contributed by atoms with Gasteiger partial charge in [-0.3, -0.25) is 0 Å². The molecular weight excluding hydrogens is 734 g/mol. The molecule has 3 aliphatic carbocycles. The summed E-state index contributed by atoms with van der Waals surface area (Å²) in [7, 11) is 0. The van der Waals surface area contributed by atoms with Gasteiger partial charge in [-0.25, -0.2) is 0 Å². The van der Waals surface area contributed by atoms with Crippen molar-refractivity contribution >= 4 is 45.4 Å². The molecule has 0 aliphatic heterocycles. The topological polar surface area (TPSA) is 9.86 Å². The number of rotatable bonds is 4. The number of benzene rings is 4. The van der Waals surface area contributed by atoms with Crippen molar-refractivity contribution in [1.29, 1.82) is 0 Å². The van der Waals surface area contributed by atoms with Crippen LogP contribution in [0.4, 0.5) is 0 Å². The second-order valence-corrected chi connectivity index (χ2v) is 17.0. The molecule has 2 unspecified atom stereocenters. The number of hydrogen-bond donors (Lipinski definition) is 0. The van der Waals surface area contributed by atoms with E-state index in [-0.39, 0.29) is 24.8 Å². The average molecular weight is 764 g/mol. The monoisotopic (exact) mass is 764 g/mol. The average Bonchev–Trinajstić information content (AvgIpc) is 3.78. The molecule has 210 valence electrons. The Morgan fingerprint density at radius 2 is 1.19 bits per heavy atom. The van der Waals surface area contributed by atoms with E-state index in [9.17, 15) is 0 Å². The summed E-state index contributed by atoms with van der Waals surface area (Å²) in [4.78, 5) is 0. The first kappa shape index (κ1) is 28.6. The first-order valence-electron chi connectivity index (χ1n) is 14.9. The van der Waals surface area contributed by atoms with E-state index < -0.39 is 22.9 Å². The number of fused-ring (bicyclic) bond motifs is 6. The number of aromatic nitrogens is 2. The summed E-state index contributed by atoms with van der Waals surface area (Å²) in [5.41, 5.74) is 14.8. The number of nitrogens with zero attached hydrogens (tertiary/aromatic N) is 2. The minimum absolute atomic E-state index is 0. The summed E-state index contributed by atoms with van der Waals surface area (Å²) >= 11 is -1.44. The van der Waals surface area contributed by atoms with Crippen molar-refractivity contribution < 1.29 is 47.7 Å². The second kappa shape index (κ2) is 11.4. The van der Waals surface area contributed by atoms with E-state index in [0.717, 1.165) is 0 Å². The van der Waals surface area contributed by atoms with Gasteiger partial charge in [-0.05, 0) is 0 Å². The normalized spacial score (nSPS) is 18.1. The van der Waals surface area contributed by atoms with Crippen LogP contribution in [0.1, 0.15) is 53.7 Å². The maximum Gasteiger partial charge on any atom is -1.00 e. The third kappa shape index (κ3) is 4.46. The largest absolute Gasteiger partial charge is 1.00 e. The van der Waals surface area contributed by atoms with Gasteiger partial charge in [0.2, 0.25) is 0 Å². The van der Waals surface area contributed by atoms with Crippen molar-refractivity contribution in [3.8, 4) is 0 Å². The van der Waals surface area contributed by atoms with E-state index in [4.69, 9.17) is 0 Å². The van der Waals surface area contributed by atoms with Crippen molar-refractivity contribution in [1.82, 2.24) is 9.13 Å². The molecule has 2 heterocycles. The molecule has 0 fully saturated rings. The van der Waals surface area contributed by atoms with E-state index >= 15 is 0 Å². The smallest absolute Gasteiger partial charge is 1.00 e. The van der Waals surface area contributed by atoms with Crippen molar-refractivity contribution in [3.63, 3.8) is 0 Å². The predicted octanol–water partition coefficient (Wildman–Crippen LogP) is 3.37. The number of aryl methyl sites for hydroxylation is 1. The van der Waals surface area contributed by atoms with Gasteiger partial charge in [0.25, 0.3) is 0 Å². The van der Waals surface area contributed by atoms with Gasteiger partial charge in [-0.2, -0.15) is 0 Å². The molecule has 0 saturated carbocycles. The fourth-order valence-corrected chi connectivity index (χ4v) is 14.8. The summed E-state index contributed by atoms with van der Waals surface area (Å²) in [6.07, 6.45) is 12.3. The molecule has 0 amide bonds. The van der Waals surface area contributed by atoms with Crippen molar-refractivity contribution in [3.05, 3.63) is 143 Å². The van der Waals surface area contributed by atoms with E-state index in [1.807, 2.05) is 0 Å². The SMILES string of the molecule is C1=C(n2ccc3ccccc32)[CH]([Hf+2][CH]2C(n3c4c(c5ccccc53)CCCC4)=Cc3ccccc32)c2ccccc21.[Cl-].[Cl-]. The van der Waals surface area contributed by atoms with Crippen LogP contribution in [0.5, 0.6) is 0 Å². The molecule has 0 spiro atoms. The Labute approximate surface area is 276 Å². The van der Waals surface area contributed by atoms with E-state index in [1.165, 1.54) is 75.6 Å². The number of para-hydroxylation sites is 2. The van der Waals surface area contributed by atoms with E-state index in [1.54, 1.807) is 16.8 Å². The van der Waals surface area contributed by atoms with Gasteiger partial charge in [0.15, 0.2) is 0 Å². The molecule has 6 aromatic rings. The van der Waals surface area contributed by atoms with Crippen LogP contribution in [0, 0.1) is 0 Å². The molecule has 9 rings (SSSR count). The molecule has 43 heavy (non-hydrogen) atoms. The standard InChI is InChI=1S/C21H18N.C17H12N.2ClH.Hf/c1-2-8-16-14-17(13-15(16)7-1)22-20-11-5-3-9-18(20)19-10-4-6-12-21(19)22;1-2-7-15-12-16(11-14(15)6-1)18-10-9-13-5-3-4-8-17(13)18;;;/h1-3,5,7-9,11,13-14H,4,6,10,12H2;1-12H;2*1H;/q;;;;+2/p-2. The van der Waals surface area contributed by atoms with Crippen molar-refractivity contribution in [2.45, 2.75) is 33.0 Å². The first-order chi connectivity index (χ1) is 20.3. The van der Waals surface area contributed by atoms with E-state index in [0.29, 0.717) is 7.35 Å². The Hall–Kier alpha value is -3.11. The first-order valence-corrected chi connectivity index (χ1v) is 19.0. The summed E-state index contributed by atoms with van der Waals surface area (Å²) in [6.45, 7) is 0. The molecule has 3 aliphatic rings. The molecule has 5 heteroatoms. The second-order valence-electron chi connectivity index (χ2n) is 11.7. The summed E-state index contributed by atoms with van der Waals surface area (Å²) in [5, 5.41) is 2.78. The van der Waals surface area contributed by atoms with Crippen LogP contribution in [0.25, 0.3) is 45.4 Å². The van der Waals surface area contributed by atoms with Crippen LogP contribution >= 0.6 is 0 Å². The number of hydrogen-bond acceptors (Lipinski definition) is 0. The summed E-state index contributed by atoms with van der Waals surface area (Å²) in [6, 6.07) is 38.7. The van der Waals surface area contributed by atoms with Crippen LogP contribution in [-0.4, -0.2) is 9.13 Å². The quantitative estimate of drug-likeness (QED) is 0.244. The fraction of sp³-hybridized carbons (Fsp3) is 0.158. The Morgan fingerprint density at radius 1 is 0.581 bits per heavy atom. The molecule has 2 nitrogen and oxygen atoms in total. The Morgan fingerprint density at radius 3 is 1.98 bits per heavy atom. The third-order valence-corrected chi connectivity index (χ3v) is 16.2. The number of allylic oxidation sites excluding steroid dienone is 2. The minimum atomic E-state index is -1.44. The third-order valence-electron chi connectivity index (χ3n) is 9.46. The van der Waals surface area contributed by atoms with Crippen LogP contribution in [0.2, 0.25) is 0 Å². The molecule has 0 bridgehead atoms.